The monoisotopic (exact) mass is 300 g/mol. The summed E-state index contributed by atoms with van der Waals surface area (Å²) in [7, 11) is 0. The van der Waals surface area contributed by atoms with Gasteiger partial charge in [0.05, 0.1) is 5.76 Å². The molecule has 0 amide bonds. The summed E-state index contributed by atoms with van der Waals surface area (Å²) >= 11 is 1.06. The summed E-state index contributed by atoms with van der Waals surface area (Å²) in [5, 5.41) is 8.65. The molecule has 0 bridgehead atoms. The maximum Gasteiger partial charge on any atom is 0 e. The van der Waals surface area contributed by atoms with Gasteiger partial charge in [0.25, 0.3) is 0 Å². The van der Waals surface area contributed by atoms with Crippen LogP contribution in [0.5, 0.6) is 0 Å². The Balaban J connectivity index is -0.0000000398. The van der Waals surface area contributed by atoms with E-state index in [1.165, 1.54) is 13.8 Å². The Morgan fingerprint density at radius 3 is 1.31 bits per heavy atom. The van der Waals surface area contributed by atoms with Crippen molar-refractivity contribution in [1.29, 1.82) is 0 Å². The summed E-state index contributed by atoms with van der Waals surface area (Å²) in [4.78, 5) is 10.4. The van der Waals surface area contributed by atoms with Crippen molar-refractivity contribution in [1.82, 2.24) is 0 Å². The Hall–Kier alpha value is 0.698. The molecule has 0 aliphatic heterocycles. The summed E-state index contributed by atoms with van der Waals surface area (Å²) in [6.45, 7) is 4.52. The first-order valence-electron chi connectivity index (χ1n) is 2.61. The number of carbonyl (C=O) groups excluding carboxylic acids is 1. The number of carbonyl (C=O) groups is 1. The van der Waals surface area contributed by atoms with E-state index in [0.29, 0.717) is 5.57 Å². The molecule has 0 spiro atoms. The van der Waals surface area contributed by atoms with E-state index in [4.69, 9.17) is 8.78 Å². The first kappa shape index (κ1) is 29.2. The second kappa shape index (κ2) is 18.5. The van der Waals surface area contributed by atoms with Crippen LogP contribution in [0, 0.1) is 14.9 Å². The van der Waals surface area contributed by atoms with Crippen LogP contribution < -0.4 is 0 Å². The van der Waals surface area contributed by atoms with Crippen LogP contribution in [0.3, 0.4) is 0 Å². The Bertz CT molecular complexity index is 153. The average Bonchev–Trinajstić information content (AvgIpc) is 1.90. The smallest absolute Gasteiger partial charge is 0 e. The van der Waals surface area contributed by atoms with Gasteiger partial charge >= 0.3 is 21.0 Å². The third-order valence-corrected chi connectivity index (χ3v) is 1.07. The largest absolute Gasteiger partial charge is 0 e. The molecule has 0 aromatic rings. The van der Waals surface area contributed by atoms with E-state index in [2.05, 4.69) is 0 Å². The summed E-state index contributed by atoms with van der Waals surface area (Å²) < 4.78 is 8.19. The zero-order valence-corrected chi connectivity index (χ0v) is 13.0. The molecule has 0 saturated heterocycles. The van der Waals surface area contributed by atoms with E-state index >= 15 is 0 Å². The van der Waals surface area contributed by atoms with Gasteiger partial charge in [-0.1, -0.05) is 0 Å². The number of allylic oxidation sites excluding steroid dienone is 2. The fourth-order valence-corrected chi connectivity index (χ4v) is 0.255. The van der Waals surface area contributed by atoms with Crippen LogP contribution in [0.4, 0.5) is 0 Å². The molecule has 0 aromatic heterocycles. The Morgan fingerprint density at radius 2 is 1.31 bits per heavy atom. The van der Waals surface area contributed by atoms with Crippen molar-refractivity contribution < 1.29 is 63.7 Å². The molecule has 0 fully saturated rings. The molecule has 0 aliphatic rings. The van der Waals surface area contributed by atoms with E-state index in [0.717, 1.165) is 17.4 Å². The van der Waals surface area contributed by atoms with Crippen LogP contribution in [0.2, 0.25) is 0 Å². The van der Waals surface area contributed by atoms with E-state index in [1.54, 1.807) is 6.92 Å². The minimum atomic E-state index is -0.0787. The number of hydrogen-bond donors (Lipinski definition) is 1. The summed E-state index contributed by atoms with van der Waals surface area (Å²) in [6, 6.07) is 0. The van der Waals surface area contributed by atoms with Gasteiger partial charge in [0, 0.05) is 38.3 Å². The van der Waals surface area contributed by atoms with Gasteiger partial charge in [0.1, 0.15) is 0 Å². The molecule has 5 heteroatoms. The van der Waals surface area contributed by atoms with Gasteiger partial charge in [-0.25, -0.2) is 0 Å². The van der Waals surface area contributed by atoms with Gasteiger partial charge in [-0.2, -0.15) is 0 Å². The fraction of sp³-hybridized carbons (Fsp3) is 0.375. The van der Waals surface area contributed by atoms with Gasteiger partial charge in [-0.3, -0.25) is 4.79 Å². The van der Waals surface area contributed by atoms with E-state index in [9.17, 15) is 4.79 Å². The fourth-order valence-electron chi connectivity index (χ4n) is 0.255. The number of rotatable bonds is 1. The number of ketones is 1. The Morgan fingerprint density at radius 1 is 1.08 bits per heavy atom. The molecule has 0 unspecified atom stereocenters. The molecule has 0 saturated carbocycles. The standard InChI is InChI=1S/C6H10O2.2CH3.O.V.Y/c1-4(5(2)7)6(3)8;;;;;/h7H,1-3H3;2*1H3;;;/q;2*-1;;+2;. The van der Waals surface area contributed by atoms with Crippen LogP contribution in [-0.2, 0) is 58.5 Å². The molecule has 0 atom stereocenters. The Labute approximate surface area is 115 Å². The quantitative estimate of drug-likeness (QED) is 0.459. The van der Waals surface area contributed by atoms with Crippen molar-refractivity contribution in [2.75, 3.05) is 0 Å². The van der Waals surface area contributed by atoms with Gasteiger partial charge < -0.3 is 20.0 Å². The first-order valence-corrected chi connectivity index (χ1v) is 3.18. The molecule has 1 N–H and O–H groups in total. The average molecular weight is 300 g/mol. The van der Waals surface area contributed by atoms with Gasteiger partial charge in [0.15, 0.2) is 5.78 Å². The van der Waals surface area contributed by atoms with Crippen molar-refractivity contribution in [2.24, 2.45) is 0 Å². The maximum absolute atomic E-state index is 10.4. The Kier molecular flexibility index (Phi) is 41.5. The molecular weight excluding hydrogens is 284 g/mol. The van der Waals surface area contributed by atoms with Crippen LogP contribution in [-0.4, -0.2) is 10.9 Å². The minimum Gasteiger partial charge on any atom is 0 e. The normalized spacial score (nSPS) is 8.38. The molecule has 3 nitrogen and oxygen atoms in total. The molecule has 0 aliphatic carbocycles. The predicted molar refractivity (Wildman–Crippen MR) is 45.2 cm³/mol. The molecule has 74 valence electrons. The zero-order chi connectivity index (χ0) is 8.73. The molecule has 0 aromatic carbocycles. The topological polar surface area (TPSA) is 54.4 Å². The number of hydrogen-bond acceptors (Lipinski definition) is 3. The van der Waals surface area contributed by atoms with Crippen LogP contribution in [0.1, 0.15) is 20.8 Å². The van der Waals surface area contributed by atoms with E-state index in [1.807, 2.05) is 0 Å². The SMILES string of the molecule is CC(=O)C(C)=C(C)O.[CH3-].[CH3-].[O]=[V+2].[Y]. The third kappa shape index (κ3) is 19.2. The molecule has 0 rings (SSSR count). The van der Waals surface area contributed by atoms with Gasteiger partial charge in [0.2, 0.25) is 0 Å². The molecule has 1 radical (unpaired) electrons. The zero-order valence-electron chi connectivity index (χ0n) is 8.79. The van der Waals surface area contributed by atoms with Crippen molar-refractivity contribution in [3.63, 3.8) is 0 Å². The molecule has 0 heterocycles. The second-order valence-corrected chi connectivity index (χ2v) is 1.77. The van der Waals surface area contributed by atoms with Crippen molar-refractivity contribution in [2.45, 2.75) is 20.8 Å². The minimum absolute atomic E-state index is 0. The van der Waals surface area contributed by atoms with Crippen molar-refractivity contribution in [3.8, 4) is 0 Å². The summed E-state index contributed by atoms with van der Waals surface area (Å²) in [5.41, 5.74) is 0.435. The maximum atomic E-state index is 10.4. The first-order chi connectivity index (χ1) is 4.55. The van der Waals surface area contributed by atoms with Gasteiger partial charge in [-0.05, 0) is 20.8 Å². The predicted octanol–water partition coefficient (Wildman–Crippen LogP) is 2.20. The van der Waals surface area contributed by atoms with Gasteiger partial charge in [-0.15, -0.1) is 0 Å². The van der Waals surface area contributed by atoms with Crippen molar-refractivity contribution >= 4 is 5.78 Å². The third-order valence-electron chi connectivity index (χ3n) is 1.07. The van der Waals surface area contributed by atoms with Crippen LogP contribution in [0.25, 0.3) is 0 Å². The van der Waals surface area contributed by atoms with E-state index in [-0.39, 0.29) is 59.1 Å². The molecule has 13 heavy (non-hydrogen) atoms. The van der Waals surface area contributed by atoms with Crippen molar-refractivity contribution in [3.05, 3.63) is 26.2 Å². The molecular formula is C8H16O3VY. The van der Waals surface area contributed by atoms with Crippen LogP contribution in [0.15, 0.2) is 11.3 Å². The van der Waals surface area contributed by atoms with E-state index < -0.39 is 0 Å². The number of aliphatic hydroxyl groups excluding tert-OH is 1. The number of aliphatic hydroxyl groups is 1. The van der Waals surface area contributed by atoms with Crippen LogP contribution >= 0.6 is 0 Å². The number of Topliss-reactive ketones (excluding diaryl/α,β-unsaturated/α-hetero) is 1. The second-order valence-electron chi connectivity index (χ2n) is 1.77. The summed E-state index contributed by atoms with van der Waals surface area (Å²) in [5.74, 6) is 0.0301. The summed E-state index contributed by atoms with van der Waals surface area (Å²) in [6.07, 6.45) is 0.